The molecule has 1 unspecified atom stereocenters. The van der Waals surface area contributed by atoms with Gasteiger partial charge in [0, 0.05) is 0 Å². The molecule has 0 bridgehead atoms. The van der Waals surface area contributed by atoms with Crippen molar-refractivity contribution < 1.29 is 4.79 Å². The van der Waals surface area contributed by atoms with Crippen LogP contribution in [0, 0.1) is 12.8 Å². The first-order valence-electron chi connectivity index (χ1n) is 6.27. The number of rotatable bonds is 2. The van der Waals surface area contributed by atoms with Gasteiger partial charge in [0.15, 0.2) is 0 Å². The fraction of sp³-hybridized carbons (Fsp3) is 0.429. The molecule has 0 aromatic carbocycles. The Morgan fingerprint density at radius 1 is 1.44 bits per heavy atom. The Balaban J connectivity index is 2.06. The smallest absolute Gasteiger partial charge is 0.231 e. The highest BCUT2D eigenvalue weighted by Crippen LogP contribution is 2.21. The second-order valence-electron chi connectivity index (χ2n) is 4.58. The van der Waals surface area contributed by atoms with Crippen LogP contribution in [0.2, 0.25) is 0 Å². The quantitative estimate of drug-likeness (QED) is 0.666. The van der Waals surface area contributed by atoms with Crippen LogP contribution < -0.4 is 5.32 Å². The van der Waals surface area contributed by atoms with Crippen molar-refractivity contribution in [3.63, 3.8) is 0 Å². The molecule has 0 spiro atoms. The molecule has 3 nitrogen and oxygen atoms in total. The van der Waals surface area contributed by atoms with Gasteiger partial charge in [-0.15, -0.1) is 0 Å². The van der Waals surface area contributed by atoms with Gasteiger partial charge in [-0.05, 0) is 54.2 Å². The first-order valence-corrected chi connectivity index (χ1v) is 7.07. The van der Waals surface area contributed by atoms with Gasteiger partial charge in [0.2, 0.25) is 5.91 Å². The van der Waals surface area contributed by atoms with Gasteiger partial charge >= 0.3 is 0 Å². The van der Waals surface area contributed by atoms with Gasteiger partial charge in [0.25, 0.3) is 0 Å². The molecule has 0 saturated carbocycles. The van der Waals surface area contributed by atoms with Crippen LogP contribution in [0.1, 0.15) is 31.4 Å². The number of carbonyl (C=O) groups excluding carboxylic acids is 1. The van der Waals surface area contributed by atoms with E-state index in [-0.39, 0.29) is 11.8 Å². The van der Waals surface area contributed by atoms with E-state index in [4.69, 9.17) is 0 Å². The first-order chi connectivity index (χ1) is 8.66. The average molecular weight is 309 g/mol. The third-order valence-electron chi connectivity index (χ3n) is 3.15. The molecule has 0 fully saturated rings. The van der Waals surface area contributed by atoms with Gasteiger partial charge in [0.1, 0.15) is 4.60 Å². The van der Waals surface area contributed by atoms with E-state index in [1.54, 1.807) is 0 Å². The summed E-state index contributed by atoms with van der Waals surface area (Å²) in [6.45, 7) is 1.89. The van der Waals surface area contributed by atoms with Crippen molar-refractivity contribution in [3.05, 3.63) is 34.6 Å². The highest BCUT2D eigenvalue weighted by molar-refractivity contribution is 9.10. The fourth-order valence-corrected chi connectivity index (χ4v) is 2.49. The lowest BCUT2D eigenvalue weighted by atomic mass is 10.0. The van der Waals surface area contributed by atoms with E-state index < -0.39 is 0 Å². The SMILES string of the molecule is Cc1nc(Br)ccc1NC(=O)C1C=CCCCC1. The van der Waals surface area contributed by atoms with E-state index in [0.717, 1.165) is 35.2 Å². The maximum absolute atomic E-state index is 12.2. The van der Waals surface area contributed by atoms with E-state index in [9.17, 15) is 4.79 Å². The number of pyridine rings is 1. The summed E-state index contributed by atoms with van der Waals surface area (Å²) >= 11 is 3.31. The molecule has 0 aliphatic heterocycles. The first kappa shape index (κ1) is 13.3. The van der Waals surface area contributed by atoms with Crippen LogP contribution in [0.4, 0.5) is 5.69 Å². The van der Waals surface area contributed by atoms with E-state index in [0.29, 0.717) is 0 Å². The number of halogens is 1. The largest absolute Gasteiger partial charge is 0.324 e. The van der Waals surface area contributed by atoms with Crippen molar-refractivity contribution in [1.82, 2.24) is 4.98 Å². The Kier molecular flexibility index (Phi) is 4.53. The van der Waals surface area contributed by atoms with Crippen LogP contribution in [0.25, 0.3) is 0 Å². The Bertz CT molecular complexity index is 471. The Morgan fingerprint density at radius 3 is 3.06 bits per heavy atom. The van der Waals surface area contributed by atoms with Crippen LogP contribution in [-0.4, -0.2) is 10.9 Å². The van der Waals surface area contributed by atoms with E-state index >= 15 is 0 Å². The van der Waals surface area contributed by atoms with Crippen molar-refractivity contribution >= 4 is 27.5 Å². The molecule has 4 heteroatoms. The number of carbonyl (C=O) groups is 1. The summed E-state index contributed by atoms with van der Waals surface area (Å²) < 4.78 is 0.785. The Labute approximate surface area is 116 Å². The maximum atomic E-state index is 12.2. The topological polar surface area (TPSA) is 42.0 Å². The number of nitrogens with one attached hydrogen (secondary N) is 1. The molecule has 0 saturated heterocycles. The number of aryl methyl sites for hydroxylation is 1. The Morgan fingerprint density at radius 2 is 2.28 bits per heavy atom. The number of amides is 1. The van der Waals surface area contributed by atoms with Crippen molar-refractivity contribution in [2.45, 2.75) is 32.6 Å². The van der Waals surface area contributed by atoms with E-state index in [1.165, 1.54) is 6.42 Å². The molecule has 1 heterocycles. The molecule has 0 radical (unpaired) electrons. The number of aromatic nitrogens is 1. The van der Waals surface area contributed by atoms with Crippen LogP contribution in [0.15, 0.2) is 28.9 Å². The fourth-order valence-electron chi connectivity index (χ4n) is 2.09. The zero-order chi connectivity index (χ0) is 13.0. The summed E-state index contributed by atoms with van der Waals surface area (Å²) in [4.78, 5) is 16.4. The van der Waals surface area contributed by atoms with Crippen molar-refractivity contribution in [1.29, 1.82) is 0 Å². The zero-order valence-corrected chi connectivity index (χ0v) is 12.0. The van der Waals surface area contributed by atoms with Crippen molar-refractivity contribution in [2.24, 2.45) is 5.92 Å². The molecular weight excluding hydrogens is 292 g/mol. The van der Waals surface area contributed by atoms with Crippen LogP contribution in [0.5, 0.6) is 0 Å². The molecule has 18 heavy (non-hydrogen) atoms. The molecule has 2 rings (SSSR count). The number of nitrogens with zero attached hydrogens (tertiary/aromatic N) is 1. The van der Waals surface area contributed by atoms with Crippen molar-refractivity contribution in [3.8, 4) is 0 Å². The van der Waals surface area contributed by atoms with E-state index in [2.05, 4.69) is 32.3 Å². The summed E-state index contributed by atoms with van der Waals surface area (Å²) in [5.74, 6) is 0.0657. The van der Waals surface area contributed by atoms with E-state index in [1.807, 2.05) is 25.1 Å². The summed E-state index contributed by atoms with van der Waals surface area (Å²) in [6, 6.07) is 3.72. The second kappa shape index (κ2) is 6.14. The van der Waals surface area contributed by atoms with Gasteiger partial charge in [0.05, 0.1) is 17.3 Å². The average Bonchev–Trinajstić information content (AvgIpc) is 2.61. The minimum absolute atomic E-state index is 0.00412. The molecule has 1 aliphatic carbocycles. The lowest BCUT2D eigenvalue weighted by molar-refractivity contribution is -0.118. The molecule has 1 aromatic rings. The van der Waals surface area contributed by atoms with Gasteiger partial charge in [-0.3, -0.25) is 4.79 Å². The predicted octanol–water partition coefficient (Wildman–Crippen LogP) is 3.84. The third-order valence-corrected chi connectivity index (χ3v) is 3.59. The lowest BCUT2D eigenvalue weighted by Gasteiger charge is -2.13. The number of hydrogen-bond acceptors (Lipinski definition) is 2. The Hall–Kier alpha value is -1.16. The predicted molar refractivity (Wildman–Crippen MR) is 76.4 cm³/mol. The lowest BCUT2D eigenvalue weighted by Crippen LogP contribution is -2.21. The monoisotopic (exact) mass is 308 g/mol. The summed E-state index contributed by atoms with van der Waals surface area (Å²) in [5.41, 5.74) is 1.62. The highest BCUT2D eigenvalue weighted by Gasteiger charge is 2.17. The molecule has 1 amide bonds. The maximum Gasteiger partial charge on any atom is 0.231 e. The van der Waals surface area contributed by atoms with Gasteiger partial charge in [-0.2, -0.15) is 0 Å². The number of hydrogen-bond donors (Lipinski definition) is 1. The molecule has 1 aliphatic rings. The second-order valence-corrected chi connectivity index (χ2v) is 5.39. The summed E-state index contributed by atoms with van der Waals surface area (Å²) in [6.07, 6.45) is 8.46. The molecular formula is C14H17BrN2O. The molecule has 1 N–H and O–H groups in total. The van der Waals surface area contributed by atoms with Crippen LogP contribution in [-0.2, 0) is 4.79 Å². The number of anilines is 1. The standard InChI is InChI=1S/C14H17BrN2O/c1-10-12(8-9-13(15)16-10)17-14(18)11-6-4-2-3-5-7-11/h4,6,8-9,11H,2-3,5,7H2,1H3,(H,17,18). The minimum Gasteiger partial charge on any atom is -0.324 e. The normalized spacial score (nSPS) is 19.3. The van der Waals surface area contributed by atoms with Gasteiger partial charge in [-0.1, -0.05) is 18.6 Å². The van der Waals surface area contributed by atoms with Crippen molar-refractivity contribution in [2.75, 3.05) is 5.32 Å². The summed E-state index contributed by atoms with van der Waals surface area (Å²) in [7, 11) is 0. The minimum atomic E-state index is -0.00412. The summed E-state index contributed by atoms with van der Waals surface area (Å²) in [5, 5.41) is 2.96. The molecule has 1 atom stereocenters. The highest BCUT2D eigenvalue weighted by atomic mass is 79.9. The third kappa shape index (κ3) is 3.42. The molecule has 1 aromatic heterocycles. The van der Waals surface area contributed by atoms with Gasteiger partial charge < -0.3 is 5.32 Å². The number of allylic oxidation sites excluding steroid dienone is 1. The molecule has 96 valence electrons. The van der Waals surface area contributed by atoms with Crippen LogP contribution in [0.3, 0.4) is 0 Å². The van der Waals surface area contributed by atoms with Gasteiger partial charge in [-0.25, -0.2) is 4.98 Å². The zero-order valence-electron chi connectivity index (χ0n) is 10.4. The van der Waals surface area contributed by atoms with Crippen LogP contribution >= 0.6 is 15.9 Å².